The van der Waals surface area contributed by atoms with Gasteiger partial charge in [-0.25, -0.2) is 4.57 Å². The van der Waals surface area contributed by atoms with E-state index in [1.807, 2.05) is 25.4 Å². The van der Waals surface area contributed by atoms with Crippen LogP contribution in [0.1, 0.15) is 113 Å². The van der Waals surface area contributed by atoms with Gasteiger partial charge in [-0.2, -0.15) is 0 Å². The standard InChI is InChI=1S/C33H51N2O4.HI/c1-5-6-7-8-9-10-11-12-13-14-15-18-26-39-31-23-22-29(27-32(31)38-4)33(37)35(28(2)36)25-19-21-30-20-16-17-24-34(30)3;/h16-17,20,22-24,27H,5-15,18-19,21,25-26H2,1-4H3;1H/q+1;/p-1. The highest BCUT2D eigenvalue weighted by Gasteiger charge is 2.21. The Labute approximate surface area is 259 Å². The third kappa shape index (κ3) is 13.5. The Morgan fingerprint density at radius 2 is 1.45 bits per heavy atom. The van der Waals surface area contributed by atoms with Crippen molar-refractivity contribution in [3.63, 3.8) is 0 Å². The van der Waals surface area contributed by atoms with Crippen LogP contribution in [-0.2, 0) is 18.3 Å². The Morgan fingerprint density at radius 3 is 2.02 bits per heavy atom. The predicted molar refractivity (Wildman–Crippen MR) is 157 cm³/mol. The maximum absolute atomic E-state index is 13.2. The number of aromatic nitrogens is 1. The van der Waals surface area contributed by atoms with Crippen molar-refractivity contribution < 1.29 is 47.6 Å². The van der Waals surface area contributed by atoms with E-state index in [0.717, 1.165) is 25.0 Å². The van der Waals surface area contributed by atoms with Crippen molar-refractivity contribution in [2.24, 2.45) is 7.05 Å². The van der Waals surface area contributed by atoms with Crippen molar-refractivity contribution in [2.75, 3.05) is 20.3 Å². The summed E-state index contributed by atoms with van der Waals surface area (Å²) in [4.78, 5) is 26.8. The van der Waals surface area contributed by atoms with Gasteiger partial charge in [0.15, 0.2) is 23.4 Å². The van der Waals surface area contributed by atoms with E-state index in [1.165, 1.54) is 76.0 Å². The highest BCUT2D eigenvalue weighted by Crippen LogP contribution is 2.29. The zero-order valence-corrected chi connectivity index (χ0v) is 27.4. The number of benzene rings is 1. The molecule has 1 aromatic carbocycles. The predicted octanol–water partition coefficient (Wildman–Crippen LogP) is 4.23. The molecule has 0 bridgehead atoms. The van der Waals surface area contributed by atoms with Gasteiger partial charge in [0.05, 0.1) is 13.7 Å². The zero-order valence-electron chi connectivity index (χ0n) is 25.3. The summed E-state index contributed by atoms with van der Waals surface area (Å²) in [6.45, 7) is 4.68. The number of methoxy groups -OCH3 is 1. The summed E-state index contributed by atoms with van der Waals surface area (Å²) in [5.74, 6) is 0.567. The van der Waals surface area contributed by atoms with E-state index >= 15 is 0 Å². The molecule has 0 aliphatic heterocycles. The Hall–Kier alpha value is -2.16. The summed E-state index contributed by atoms with van der Waals surface area (Å²) in [6, 6.07) is 11.2. The Kier molecular flexibility index (Phi) is 19.3. The number of amides is 2. The molecule has 7 heteroatoms. The van der Waals surface area contributed by atoms with Crippen molar-refractivity contribution in [3.8, 4) is 11.5 Å². The fourth-order valence-electron chi connectivity index (χ4n) is 4.84. The van der Waals surface area contributed by atoms with Crippen LogP contribution in [0.15, 0.2) is 42.6 Å². The average molecular weight is 667 g/mol. The lowest BCUT2D eigenvalue weighted by molar-refractivity contribution is -0.679. The second-order valence-corrected chi connectivity index (χ2v) is 10.5. The van der Waals surface area contributed by atoms with E-state index in [0.29, 0.717) is 36.6 Å². The number of halogens is 1. The van der Waals surface area contributed by atoms with Gasteiger partial charge in [0.1, 0.15) is 7.05 Å². The fourth-order valence-corrected chi connectivity index (χ4v) is 4.84. The lowest BCUT2D eigenvalue weighted by Gasteiger charge is -2.20. The summed E-state index contributed by atoms with van der Waals surface area (Å²) < 4.78 is 13.5. The molecule has 0 saturated heterocycles. The molecule has 0 saturated carbocycles. The summed E-state index contributed by atoms with van der Waals surface area (Å²) in [6.07, 6.45) is 19.1. The van der Waals surface area contributed by atoms with Gasteiger partial charge >= 0.3 is 0 Å². The van der Waals surface area contributed by atoms with Gasteiger partial charge in [-0.15, -0.1) is 0 Å². The van der Waals surface area contributed by atoms with E-state index in [9.17, 15) is 9.59 Å². The minimum atomic E-state index is -0.314. The van der Waals surface area contributed by atoms with Crippen LogP contribution in [-0.4, -0.2) is 37.0 Å². The molecule has 1 aromatic heterocycles. The number of carbonyl (C=O) groups excluding carboxylic acids is 2. The monoisotopic (exact) mass is 666 g/mol. The van der Waals surface area contributed by atoms with Crippen LogP contribution in [0.5, 0.6) is 11.5 Å². The third-order valence-electron chi connectivity index (χ3n) is 7.27. The summed E-state index contributed by atoms with van der Waals surface area (Å²) in [7, 11) is 3.57. The van der Waals surface area contributed by atoms with Crippen LogP contribution in [0.4, 0.5) is 0 Å². The van der Waals surface area contributed by atoms with E-state index in [4.69, 9.17) is 9.47 Å². The van der Waals surface area contributed by atoms with Crippen LogP contribution in [0, 0.1) is 0 Å². The van der Waals surface area contributed by atoms with Gasteiger partial charge in [-0.05, 0) is 31.0 Å². The van der Waals surface area contributed by atoms with Crippen LogP contribution in [0.3, 0.4) is 0 Å². The normalized spacial score (nSPS) is 10.6. The quantitative estimate of drug-likeness (QED) is 0.121. The minimum Gasteiger partial charge on any atom is -1.00 e. The number of imide groups is 1. The van der Waals surface area contributed by atoms with Crippen LogP contribution in [0.2, 0.25) is 0 Å². The molecule has 2 rings (SSSR count). The first-order chi connectivity index (χ1) is 19.0. The summed E-state index contributed by atoms with van der Waals surface area (Å²) >= 11 is 0. The van der Waals surface area contributed by atoms with Crippen molar-refractivity contribution in [1.82, 2.24) is 4.90 Å². The van der Waals surface area contributed by atoms with Crippen molar-refractivity contribution in [3.05, 3.63) is 53.9 Å². The average Bonchev–Trinajstić information content (AvgIpc) is 2.94. The molecule has 0 N–H and O–H groups in total. The molecule has 2 amide bonds. The molecule has 0 fully saturated rings. The molecule has 40 heavy (non-hydrogen) atoms. The Bertz CT molecular complexity index is 998. The first-order valence-electron chi connectivity index (χ1n) is 15.0. The molecule has 0 aliphatic rings. The Balaban J connectivity index is 0.00000800. The molecule has 6 nitrogen and oxygen atoms in total. The third-order valence-corrected chi connectivity index (χ3v) is 7.27. The van der Waals surface area contributed by atoms with Crippen LogP contribution >= 0.6 is 0 Å². The zero-order chi connectivity index (χ0) is 28.3. The molecule has 0 spiro atoms. The molecule has 1 heterocycles. The van der Waals surface area contributed by atoms with Gasteiger partial charge in [0, 0.05) is 37.6 Å². The van der Waals surface area contributed by atoms with Gasteiger partial charge in [-0.3, -0.25) is 14.5 Å². The van der Waals surface area contributed by atoms with Gasteiger partial charge in [0.25, 0.3) is 5.91 Å². The van der Waals surface area contributed by atoms with E-state index in [-0.39, 0.29) is 35.8 Å². The van der Waals surface area contributed by atoms with Crippen LogP contribution in [0.25, 0.3) is 0 Å². The first kappa shape index (κ1) is 35.9. The first-order valence-corrected chi connectivity index (χ1v) is 15.0. The smallest absolute Gasteiger partial charge is 0.260 e. The molecule has 2 aromatic rings. The van der Waals surface area contributed by atoms with E-state index in [1.54, 1.807) is 25.3 Å². The van der Waals surface area contributed by atoms with E-state index < -0.39 is 0 Å². The lowest BCUT2D eigenvalue weighted by atomic mass is 10.1. The fraction of sp³-hybridized carbons (Fsp3) is 0.606. The maximum Gasteiger partial charge on any atom is 0.260 e. The van der Waals surface area contributed by atoms with Crippen molar-refractivity contribution >= 4 is 11.8 Å². The van der Waals surface area contributed by atoms with Crippen molar-refractivity contribution in [1.29, 1.82) is 0 Å². The SMILES string of the molecule is CCCCCCCCCCCCCCOc1ccc(C(=O)N(CCCc2cccc[n+]2C)C(C)=O)cc1OC.[I-]. The molecule has 0 atom stereocenters. The molecular formula is C33H51IN2O4. The second kappa shape index (κ2) is 21.6. The number of aryl methyl sites for hydroxylation is 2. The molecular weight excluding hydrogens is 615 g/mol. The molecule has 224 valence electrons. The minimum absolute atomic E-state index is 0. The number of nitrogens with zero attached hydrogens (tertiary/aromatic N) is 2. The van der Waals surface area contributed by atoms with Crippen LogP contribution < -0.4 is 38.0 Å². The van der Waals surface area contributed by atoms with E-state index in [2.05, 4.69) is 17.6 Å². The summed E-state index contributed by atoms with van der Waals surface area (Å²) in [5, 5.41) is 0. The number of hydrogen-bond acceptors (Lipinski definition) is 4. The number of ether oxygens (including phenoxy) is 2. The second-order valence-electron chi connectivity index (χ2n) is 10.5. The maximum atomic E-state index is 13.2. The lowest BCUT2D eigenvalue weighted by Crippen LogP contribution is -3.00. The molecule has 0 radical (unpaired) electrons. The number of pyridine rings is 1. The molecule has 0 unspecified atom stereocenters. The topological polar surface area (TPSA) is 59.7 Å². The number of unbranched alkanes of at least 4 members (excludes halogenated alkanes) is 11. The van der Waals surface area contributed by atoms with Crippen molar-refractivity contribution in [2.45, 2.75) is 104 Å². The number of rotatable bonds is 20. The number of carbonyl (C=O) groups is 2. The highest BCUT2D eigenvalue weighted by atomic mass is 127. The van der Waals surface area contributed by atoms with Gasteiger partial charge < -0.3 is 33.5 Å². The highest BCUT2D eigenvalue weighted by molar-refractivity contribution is 6.04. The Morgan fingerprint density at radius 1 is 0.825 bits per heavy atom. The van der Waals surface area contributed by atoms with Gasteiger partial charge in [-0.1, -0.05) is 83.6 Å². The molecule has 0 aliphatic carbocycles. The summed E-state index contributed by atoms with van der Waals surface area (Å²) in [5.41, 5.74) is 1.58. The van der Waals surface area contributed by atoms with Gasteiger partial charge in [0.2, 0.25) is 5.91 Å². The number of hydrogen-bond donors (Lipinski definition) is 0. The largest absolute Gasteiger partial charge is 1.00 e.